The van der Waals surface area contributed by atoms with E-state index >= 15 is 0 Å². The van der Waals surface area contributed by atoms with E-state index in [1.807, 2.05) is 13.8 Å². The summed E-state index contributed by atoms with van der Waals surface area (Å²) in [5.74, 6) is 0.909. The van der Waals surface area contributed by atoms with Crippen LogP contribution in [0.5, 0.6) is 0 Å². The van der Waals surface area contributed by atoms with Crippen molar-refractivity contribution >= 4 is 5.91 Å². The molecule has 1 rings (SSSR count). The molecule has 0 aromatic carbocycles. The lowest BCUT2D eigenvalue weighted by atomic mass is 10.00. The Bertz CT molecular complexity index is 384. The molecule has 1 aromatic heterocycles. The van der Waals surface area contributed by atoms with Crippen molar-refractivity contribution in [1.82, 2.24) is 20.1 Å². The second-order valence-corrected chi connectivity index (χ2v) is 4.89. The van der Waals surface area contributed by atoms with Crippen LogP contribution < -0.4 is 0 Å². The van der Waals surface area contributed by atoms with E-state index in [0.29, 0.717) is 0 Å². The number of amides is 1. The van der Waals surface area contributed by atoms with E-state index in [1.54, 1.807) is 11.9 Å². The Morgan fingerprint density at radius 3 is 2.59 bits per heavy atom. The summed E-state index contributed by atoms with van der Waals surface area (Å²) >= 11 is 0. The molecule has 0 atom stereocenters. The van der Waals surface area contributed by atoms with Crippen LogP contribution in [0.1, 0.15) is 57.0 Å². The Balaban J connectivity index is 2.81. The summed E-state index contributed by atoms with van der Waals surface area (Å²) in [5.41, 5.74) is -0.178. The average molecular weight is 238 g/mol. The van der Waals surface area contributed by atoms with Gasteiger partial charge in [-0.05, 0) is 26.7 Å². The predicted molar refractivity (Wildman–Crippen MR) is 66.8 cm³/mol. The highest BCUT2D eigenvalue weighted by molar-refractivity contribution is 5.90. The van der Waals surface area contributed by atoms with Gasteiger partial charge in [0.05, 0.1) is 0 Å². The number of aromatic amines is 1. The first-order chi connectivity index (χ1) is 7.92. The molecule has 0 bridgehead atoms. The lowest BCUT2D eigenvalue weighted by Gasteiger charge is -2.33. The molecule has 0 saturated carbocycles. The number of hydrogen-bond acceptors (Lipinski definition) is 3. The fourth-order valence-electron chi connectivity index (χ4n) is 1.40. The molecule has 1 aromatic rings. The first-order valence-corrected chi connectivity index (χ1v) is 6.11. The molecule has 1 heterocycles. The van der Waals surface area contributed by atoms with Crippen LogP contribution in [0.3, 0.4) is 0 Å². The molecule has 0 spiro atoms. The maximum atomic E-state index is 12.1. The lowest BCUT2D eigenvalue weighted by molar-refractivity contribution is 0.0608. The van der Waals surface area contributed by atoms with Gasteiger partial charge in [-0.15, -0.1) is 5.10 Å². The number of aromatic nitrogens is 3. The summed E-state index contributed by atoms with van der Waals surface area (Å²) in [6, 6.07) is 0. The minimum absolute atomic E-state index is 0.129. The van der Waals surface area contributed by atoms with Crippen molar-refractivity contribution in [2.24, 2.45) is 0 Å². The van der Waals surface area contributed by atoms with Crippen LogP contribution in [0.25, 0.3) is 0 Å². The predicted octanol–water partition coefficient (Wildman–Crippen LogP) is 2.02. The lowest BCUT2D eigenvalue weighted by Crippen LogP contribution is -2.44. The van der Waals surface area contributed by atoms with Crippen LogP contribution in [0.15, 0.2) is 0 Å². The summed E-state index contributed by atoms with van der Waals surface area (Å²) in [4.78, 5) is 18.1. The van der Waals surface area contributed by atoms with Gasteiger partial charge in [-0.1, -0.05) is 13.8 Å². The number of carbonyl (C=O) groups is 1. The fourth-order valence-corrected chi connectivity index (χ4v) is 1.40. The molecular weight excluding hydrogens is 216 g/mol. The molecule has 0 fully saturated rings. The van der Waals surface area contributed by atoms with Gasteiger partial charge < -0.3 is 4.90 Å². The van der Waals surface area contributed by atoms with Crippen molar-refractivity contribution in [3.05, 3.63) is 11.6 Å². The molecule has 17 heavy (non-hydrogen) atoms. The largest absolute Gasteiger partial charge is 0.334 e. The monoisotopic (exact) mass is 238 g/mol. The van der Waals surface area contributed by atoms with Crippen molar-refractivity contribution in [2.75, 3.05) is 7.05 Å². The molecule has 96 valence electrons. The maximum Gasteiger partial charge on any atom is 0.293 e. The molecule has 0 saturated heterocycles. The van der Waals surface area contributed by atoms with Crippen LogP contribution in [-0.2, 0) is 6.42 Å². The third-order valence-corrected chi connectivity index (χ3v) is 3.29. The van der Waals surface area contributed by atoms with E-state index in [4.69, 9.17) is 0 Å². The molecule has 1 amide bonds. The molecule has 0 radical (unpaired) electrons. The van der Waals surface area contributed by atoms with Crippen LogP contribution in [0.4, 0.5) is 0 Å². The Kier molecular flexibility index (Phi) is 4.26. The van der Waals surface area contributed by atoms with E-state index in [0.717, 1.165) is 25.1 Å². The summed E-state index contributed by atoms with van der Waals surface area (Å²) in [7, 11) is 1.79. The fraction of sp³-hybridized carbons (Fsp3) is 0.750. The van der Waals surface area contributed by atoms with E-state index in [2.05, 4.69) is 29.0 Å². The zero-order valence-electron chi connectivity index (χ0n) is 11.4. The van der Waals surface area contributed by atoms with E-state index in [9.17, 15) is 4.79 Å². The standard InChI is InChI=1S/C12H22N4O/c1-6-8-9-13-10(15-14-9)11(17)16(5)12(3,4)7-2/h6-8H2,1-5H3,(H,13,14,15). The van der Waals surface area contributed by atoms with Crippen molar-refractivity contribution in [2.45, 2.75) is 52.5 Å². The Labute approximate surface area is 103 Å². The zero-order valence-corrected chi connectivity index (χ0v) is 11.4. The van der Waals surface area contributed by atoms with Crippen molar-refractivity contribution in [3.63, 3.8) is 0 Å². The van der Waals surface area contributed by atoms with Gasteiger partial charge in [0.2, 0.25) is 5.82 Å². The molecule has 0 aliphatic heterocycles. The van der Waals surface area contributed by atoms with E-state index < -0.39 is 0 Å². The highest BCUT2D eigenvalue weighted by atomic mass is 16.2. The van der Waals surface area contributed by atoms with Crippen molar-refractivity contribution < 1.29 is 4.79 Å². The second-order valence-electron chi connectivity index (χ2n) is 4.89. The zero-order chi connectivity index (χ0) is 13.1. The molecule has 0 aliphatic carbocycles. The van der Waals surface area contributed by atoms with Crippen LogP contribution >= 0.6 is 0 Å². The minimum Gasteiger partial charge on any atom is -0.334 e. The Morgan fingerprint density at radius 1 is 1.41 bits per heavy atom. The normalized spacial score (nSPS) is 11.6. The number of H-pyrrole nitrogens is 1. The van der Waals surface area contributed by atoms with Gasteiger partial charge in [-0.25, -0.2) is 4.98 Å². The summed E-state index contributed by atoms with van der Waals surface area (Å²) in [5, 5.41) is 6.78. The van der Waals surface area contributed by atoms with Crippen molar-refractivity contribution in [1.29, 1.82) is 0 Å². The number of rotatable bonds is 5. The summed E-state index contributed by atoms with van der Waals surface area (Å²) < 4.78 is 0. The Morgan fingerprint density at radius 2 is 2.06 bits per heavy atom. The topological polar surface area (TPSA) is 61.9 Å². The first kappa shape index (κ1) is 13.7. The minimum atomic E-state index is -0.178. The average Bonchev–Trinajstić information content (AvgIpc) is 2.76. The van der Waals surface area contributed by atoms with Gasteiger partial charge in [0.15, 0.2) is 0 Å². The number of aryl methyl sites for hydroxylation is 1. The van der Waals surface area contributed by atoms with Gasteiger partial charge >= 0.3 is 0 Å². The number of nitrogens with zero attached hydrogens (tertiary/aromatic N) is 3. The summed E-state index contributed by atoms with van der Waals surface area (Å²) in [6.45, 7) is 8.19. The quantitative estimate of drug-likeness (QED) is 0.853. The molecule has 0 unspecified atom stereocenters. The van der Waals surface area contributed by atoms with Gasteiger partial charge in [0.1, 0.15) is 5.82 Å². The molecule has 5 nitrogen and oxygen atoms in total. The second kappa shape index (κ2) is 5.29. The third-order valence-electron chi connectivity index (χ3n) is 3.29. The van der Waals surface area contributed by atoms with Gasteiger partial charge in [-0.3, -0.25) is 9.89 Å². The summed E-state index contributed by atoms with van der Waals surface area (Å²) in [6.07, 6.45) is 2.70. The molecule has 5 heteroatoms. The SMILES string of the molecule is CCCc1nc(C(=O)N(C)C(C)(C)CC)n[nH]1. The highest BCUT2D eigenvalue weighted by Gasteiger charge is 2.28. The number of nitrogens with one attached hydrogen (secondary N) is 1. The molecular formula is C12H22N4O. The molecule has 1 N–H and O–H groups in total. The number of hydrogen-bond donors (Lipinski definition) is 1. The van der Waals surface area contributed by atoms with Gasteiger partial charge in [0.25, 0.3) is 5.91 Å². The van der Waals surface area contributed by atoms with Crippen LogP contribution in [0.2, 0.25) is 0 Å². The smallest absolute Gasteiger partial charge is 0.293 e. The first-order valence-electron chi connectivity index (χ1n) is 6.11. The van der Waals surface area contributed by atoms with E-state index in [-0.39, 0.29) is 17.3 Å². The van der Waals surface area contributed by atoms with Crippen LogP contribution in [-0.4, -0.2) is 38.6 Å². The number of carbonyl (C=O) groups excluding carboxylic acids is 1. The van der Waals surface area contributed by atoms with Crippen LogP contribution in [0, 0.1) is 0 Å². The van der Waals surface area contributed by atoms with E-state index in [1.165, 1.54) is 0 Å². The Hall–Kier alpha value is -1.39. The van der Waals surface area contributed by atoms with Gasteiger partial charge in [-0.2, -0.15) is 0 Å². The highest BCUT2D eigenvalue weighted by Crippen LogP contribution is 2.18. The molecule has 0 aliphatic rings. The maximum absolute atomic E-state index is 12.1. The third kappa shape index (κ3) is 3.05. The van der Waals surface area contributed by atoms with Crippen molar-refractivity contribution in [3.8, 4) is 0 Å². The van der Waals surface area contributed by atoms with Gasteiger partial charge in [0, 0.05) is 19.0 Å².